The summed E-state index contributed by atoms with van der Waals surface area (Å²) in [7, 11) is -3.54. The molecule has 0 fully saturated rings. The maximum absolute atomic E-state index is 12.5. The molecule has 0 saturated heterocycles. The molecule has 5 nitrogen and oxygen atoms in total. The molecule has 1 aromatic rings. The lowest BCUT2D eigenvalue weighted by Gasteiger charge is -2.22. The van der Waals surface area contributed by atoms with Crippen LogP contribution in [-0.2, 0) is 23.2 Å². The Bertz CT molecular complexity index is 533. The van der Waals surface area contributed by atoms with Crippen LogP contribution in [0.3, 0.4) is 0 Å². The van der Waals surface area contributed by atoms with Crippen molar-refractivity contribution in [2.75, 3.05) is 0 Å². The summed E-state index contributed by atoms with van der Waals surface area (Å²) in [6.45, 7) is 8.61. The first kappa shape index (κ1) is 18.2. The van der Waals surface area contributed by atoms with Gasteiger partial charge in [-0.15, -0.1) is 0 Å². The maximum atomic E-state index is 12.5. The van der Waals surface area contributed by atoms with Gasteiger partial charge in [0.05, 0.1) is 11.5 Å². The zero-order valence-corrected chi connectivity index (χ0v) is 14.3. The number of aryl methyl sites for hydroxylation is 1. The van der Waals surface area contributed by atoms with Gasteiger partial charge in [0.1, 0.15) is 0 Å². The normalized spacial score (nSPS) is 13.8. The lowest BCUT2D eigenvalue weighted by Crippen LogP contribution is -2.37. The average Bonchev–Trinajstić information content (AvgIpc) is 2.84. The Balaban J connectivity index is 2.97. The van der Waals surface area contributed by atoms with Crippen molar-refractivity contribution in [3.63, 3.8) is 0 Å². The van der Waals surface area contributed by atoms with Crippen LogP contribution in [0.1, 0.15) is 52.7 Å². The summed E-state index contributed by atoms with van der Waals surface area (Å²) < 4.78 is 29.5. The van der Waals surface area contributed by atoms with Crippen molar-refractivity contribution in [3.8, 4) is 0 Å². The molecule has 0 aromatic carbocycles. The van der Waals surface area contributed by atoms with Crippen molar-refractivity contribution in [1.29, 1.82) is 0 Å². The highest BCUT2D eigenvalue weighted by molar-refractivity contribution is 7.89. The Hall–Kier alpha value is -0.850. The Labute approximate surface area is 128 Å². The lowest BCUT2D eigenvalue weighted by molar-refractivity contribution is 0.270. The summed E-state index contributed by atoms with van der Waals surface area (Å²) in [6, 6.07) is 1.45. The maximum Gasteiger partial charge on any atom is 0.242 e. The minimum Gasteiger partial charge on any atom is -0.390 e. The predicted molar refractivity (Wildman–Crippen MR) is 84.5 cm³/mol. The number of nitrogens with zero attached hydrogens (tertiary/aromatic N) is 1. The van der Waals surface area contributed by atoms with Gasteiger partial charge in [0.25, 0.3) is 0 Å². The summed E-state index contributed by atoms with van der Waals surface area (Å²) in [5.41, 5.74) is 0.632. The molecule has 1 aromatic heterocycles. The first-order chi connectivity index (χ1) is 9.89. The van der Waals surface area contributed by atoms with E-state index in [0.29, 0.717) is 18.2 Å². The number of nitrogens with one attached hydrogen (secondary N) is 1. The Morgan fingerprint density at radius 1 is 1.29 bits per heavy atom. The van der Waals surface area contributed by atoms with Crippen LogP contribution in [0.5, 0.6) is 0 Å². The van der Waals surface area contributed by atoms with E-state index in [1.807, 2.05) is 13.8 Å². The van der Waals surface area contributed by atoms with Gasteiger partial charge in [0, 0.05) is 24.5 Å². The van der Waals surface area contributed by atoms with Gasteiger partial charge in [0.15, 0.2) is 0 Å². The molecule has 6 heteroatoms. The second kappa shape index (κ2) is 7.96. The fraction of sp³-hybridized carbons (Fsp3) is 0.733. The first-order valence-electron chi connectivity index (χ1n) is 7.71. The standard InChI is InChI=1S/C15H28N2O3S/c1-5-8-17-10-15(9-14(17)11-18)21(19,20)16-12(4)13(6-2)7-3/h9-10,12-13,16,18H,5-8,11H2,1-4H3. The van der Waals surface area contributed by atoms with Crippen LogP contribution in [0.2, 0.25) is 0 Å². The highest BCUT2D eigenvalue weighted by Crippen LogP contribution is 2.19. The SMILES string of the molecule is CCCn1cc(S(=O)(=O)NC(C)C(CC)CC)cc1CO. The summed E-state index contributed by atoms with van der Waals surface area (Å²) in [5.74, 6) is 0.329. The Morgan fingerprint density at radius 3 is 2.38 bits per heavy atom. The highest BCUT2D eigenvalue weighted by Gasteiger charge is 2.23. The van der Waals surface area contributed by atoms with Crippen LogP contribution in [0.25, 0.3) is 0 Å². The zero-order chi connectivity index (χ0) is 16.0. The van der Waals surface area contributed by atoms with Crippen LogP contribution >= 0.6 is 0 Å². The molecule has 0 bridgehead atoms. The lowest BCUT2D eigenvalue weighted by atomic mass is 9.96. The fourth-order valence-corrected chi connectivity index (χ4v) is 4.03. The van der Waals surface area contributed by atoms with Crippen LogP contribution < -0.4 is 4.72 Å². The van der Waals surface area contributed by atoms with E-state index in [-0.39, 0.29) is 17.5 Å². The quantitative estimate of drug-likeness (QED) is 0.735. The van der Waals surface area contributed by atoms with E-state index < -0.39 is 10.0 Å². The molecule has 21 heavy (non-hydrogen) atoms. The molecule has 1 atom stereocenters. The minimum atomic E-state index is -3.54. The monoisotopic (exact) mass is 316 g/mol. The summed E-state index contributed by atoms with van der Waals surface area (Å²) in [6.07, 6.45) is 4.38. The van der Waals surface area contributed by atoms with E-state index in [1.165, 1.54) is 0 Å². The number of aliphatic hydroxyl groups excluding tert-OH is 1. The smallest absolute Gasteiger partial charge is 0.242 e. The average molecular weight is 316 g/mol. The molecule has 1 rings (SSSR count). The van der Waals surface area contributed by atoms with E-state index >= 15 is 0 Å². The summed E-state index contributed by atoms with van der Waals surface area (Å²) in [5, 5.41) is 9.33. The van der Waals surface area contributed by atoms with Gasteiger partial charge in [-0.1, -0.05) is 33.6 Å². The molecule has 0 spiro atoms. The van der Waals surface area contributed by atoms with Crippen LogP contribution in [0, 0.1) is 5.92 Å². The fourth-order valence-electron chi connectivity index (χ4n) is 2.66. The van der Waals surface area contributed by atoms with Gasteiger partial charge in [-0.25, -0.2) is 13.1 Å². The Kier molecular flexibility index (Phi) is 6.90. The van der Waals surface area contributed by atoms with Gasteiger partial charge in [0.2, 0.25) is 10.0 Å². The minimum absolute atomic E-state index is 0.0999. The van der Waals surface area contributed by atoms with Crippen molar-refractivity contribution in [2.45, 2.75) is 71.0 Å². The molecular weight excluding hydrogens is 288 g/mol. The first-order valence-corrected chi connectivity index (χ1v) is 9.20. The molecule has 0 amide bonds. The zero-order valence-electron chi connectivity index (χ0n) is 13.5. The van der Waals surface area contributed by atoms with Gasteiger partial charge < -0.3 is 9.67 Å². The number of hydrogen-bond donors (Lipinski definition) is 2. The van der Waals surface area contributed by atoms with E-state index in [4.69, 9.17) is 0 Å². The van der Waals surface area contributed by atoms with E-state index in [0.717, 1.165) is 19.3 Å². The van der Waals surface area contributed by atoms with Gasteiger partial charge in [-0.3, -0.25) is 0 Å². The van der Waals surface area contributed by atoms with Crippen LogP contribution in [-0.4, -0.2) is 24.1 Å². The largest absolute Gasteiger partial charge is 0.390 e. The third-order valence-corrected chi connectivity index (χ3v) is 5.52. The van der Waals surface area contributed by atoms with Gasteiger partial charge in [-0.2, -0.15) is 0 Å². The molecule has 0 aliphatic heterocycles. The summed E-state index contributed by atoms with van der Waals surface area (Å²) in [4.78, 5) is 0.234. The second-order valence-electron chi connectivity index (χ2n) is 5.51. The van der Waals surface area contributed by atoms with Crippen molar-refractivity contribution in [3.05, 3.63) is 18.0 Å². The van der Waals surface area contributed by atoms with Crippen molar-refractivity contribution >= 4 is 10.0 Å². The highest BCUT2D eigenvalue weighted by atomic mass is 32.2. The Morgan fingerprint density at radius 2 is 1.90 bits per heavy atom. The number of hydrogen-bond acceptors (Lipinski definition) is 3. The molecule has 2 N–H and O–H groups in total. The van der Waals surface area contributed by atoms with Crippen molar-refractivity contribution < 1.29 is 13.5 Å². The molecule has 0 radical (unpaired) electrons. The number of aliphatic hydroxyl groups is 1. The molecule has 0 saturated carbocycles. The number of aromatic nitrogens is 1. The molecule has 0 aliphatic carbocycles. The van der Waals surface area contributed by atoms with Gasteiger partial charge in [-0.05, 0) is 25.3 Å². The van der Waals surface area contributed by atoms with E-state index in [2.05, 4.69) is 18.6 Å². The van der Waals surface area contributed by atoms with Crippen molar-refractivity contribution in [1.82, 2.24) is 9.29 Å². The van der Waals surface area contributed by atoms with Crippen LogP contribution in [0.4, 0.5) is 0 Å². The van der Waals surface area contributed by atoms with Gasteiger partial charge >= 0.3 is 0 Å². The number of rotatable bonds is 9. The van der Waals surface area contributed by atoms with Crippen LogP contribution in [0.15, 0.2) is 17.2 Å². The molecule has 0 aliphatic rings. The number of sulfonamides is 1. The predicted octanol–water partition coefficient (Wildman–Crippen LogP) is 2.49. The molecule has 122 valence electrons. The molecule has 1 heterocycles. The van der Waals surface area contributed by atoms with E-state index in [9.17, 15) is 13.5 Å². The third kappa shape index (κ3) is 4.56. The summed E-state index contributed by atoms with van der Waals surface area (Å²) >= 11 is 0. The third-order valence-electron chi connectivity index (χ3n) is 3.99. The topological polar surface area (TPSA) is 71.3 Å². The second-order valence-corrected chi connectivity index (χ2v) is 7.22. The molecular formula is C15H28N2O3S. The molecule has 1 unspecified atom stereocenters. The van der Waals surface area contributed by atoms with E-state index in [1.54, 1.807) is 16.8 Å². The van der Waals surface area contributed by atoms with Crippen molar-refractivity contribution in [2.24, 2.45) is 5.92 Å².